The highest BCUT2D eigenvalue weighted by atomic mass is 16.6. The maximum atomic E-state index is 12.3. The number of nitro groups is 4. The number of nitrogens with one attached hydrogen (secondary N) is 2. The van der Waals surface area contributed by atoms with Crippen LogP contribution in [0.3, 0.4) is 0 Å². The summed E-state index contributed by atoms with van der Waals surface area (Å²) in [5, 5.41) is 58.0. The van der Waals surface area contributed by atoms with E-state index in [2.05, 4.69) is 10.6 Å². The second kappa shape index (κ2) is 20.1. The predicted molar refractivity (Wildman–Crippen MR) is 225 cm³/mol. The van der Waals surface area contributed by atoms with Gasteiger partial charge in [-0.05, 0) is 81.1 Å². The van der Waals surface area contributed by atoms with Crippen LogP contribution in [0, 0.1) is 54.3 Å². The van der Waals surface area contributed by atoms with Gasteiger partial charge in [0.2, 0.25) is 0 Å². The minimum Gasteiger partial charge on any atom is -0.477 e. The van der Waals surface area contributed by atoms with Crippen molar-refractivity contribution < 1.29 is 52.8 Å². The van der Waals surface area contributed by atoms with Crippen molar-refractivity contribution in [2.45, 2.75) is 53.3 Å². The summed E-state index contributed by atoms with van der Waals surface area (Å²) in [5.74, 6) is -2.03. The second-order valence-corrected chi connectivity index (χ2v) is 14.6. The van der Waals surface area contributed by atoms with Crippen molar-refractivity contribution in [3.63, 3.8) is 0 Å². The monoisotopic (exact) mass is 884 g/mol. The molecule has 2 aromatic heterocycles. The van der Waals surface area contributed by atoms with Crippen LogP contribution in [0.1, 0.15) is 63.7 Å². The molecular formula is C41H36N6O17. The number of carbonyl (C=O) groups excluding carboxylic acids is 2. The van der Waals surface area contributed by atoms with Crippen molar-refractivity contribution in [3.05, 3.63) is 180 Å². The fourth-order valence-corrected chi connectivity index (χ4v) is 5.45. The molecule has 2 amide bonds. The Morgan fingerprint density at radius 1 is 0.594 bits per heavy atom. The Morgan fingerprint density at radius 3 is 1.34 bits per heavy atom. The summed E-state index contributed by atoms with van der Waals surface area (Å²) in [5.41, 5.74) is -1.71. The molecule has 6 rings (SSSR count). The number of carbonyl (C=O) groups is 3. The maximum absolute atomic E-state index is 12.3. The van der Waals surface area contributed by atoms with Crippen LogP contribution in [-0.2, 0) is 17.8 Å². The third-order valence-electron chi connectivity index (χ3n) is 8.31. The molecule has 0 aliphatic carbocycles. The molecule has 0 spiro atoms. The standard InChI is InChI=1S/C18H13N3O7.C12H15N3O6.C11H8O4/c1-10-2-3-12-7-15(18(23)28-16(12)4-10)17(22)19-9-11-5-13(20(24)25)8-14(6-11)21(26)27;1-12(2,3)21-11(16)13-7-8-4-9(14(17)18)6-10(5-8)15(19)20;1-6-2-3-7-5-8(10(12)13)11(14)15-9(7)4-6/h2-8H,9H2,1H3,(H,19,22);4-6H,7H2,1-3H3,(H,13,16);2-5H,1H3,(H,12,13). The number of non-ortho nitro benzene ring substituents is 4. The number of ether oxygens (including phenoxy) is 1. The van der Waals surface area contributed by atoms with Gasteiger partial charge in [-0.1, -0.05) is 24.3 Å². The number of nitrogens with zero attached hydrogens (tertiary/aromatic N) is 4. The lowest BCUT2D eigenvalue weighted by molar-refractivity contribution is -0.394. The molecule has 2 heterocycles. The Labute approximate surface area is 358 Å². The van der Waals surface area contributed by atoms with Crippen LogP contribution in [0.5, 0.6) is 0 Å². The van der Waals surface area contributed by atoms with E-state index in [0.29, 0.717) is 21.9 Å². The van der Waals surface area contributed by atoms with E-state index in [-0.39, 0.29) is 35.3 Å². The van der Waals surface area contributed by atoms with Crippen molar-refractivity contribution in [1.82, 2.24) is 10.6 Å². The Kier molecular flexibility index (Phi) is 15.0. The summed E-state index contributed by atoms with van der Waals surface area (Å²) in [6.07, 6.45) is -0.711. The second-order valence-electron chi connectivity index (χ2n) is 14.6. The smallest absolute Gasteiger partial charge is 0.407 e. The van der Waals surface area contributed by atoms with Gasteiger partial charge in [-0.15, -0.1) is 0 Å². The Morgan fingerprint density at radius 2 is 0.969 bits per heavy atom. The highest BCUT2D eigenvalue weighted by Gasteiger charge is 2.21. The predicted octanol–water partition coefficient (Wildman–Crippen LogP) is 7.18. The molecule has 0 atom stereocenters. The molecule has 23 nitrogen and oxygen atoms in total. The lowest BCUT2D eigenvalue weighted by Crippen LogP contribution is -2.32. The van der Waals surface area contributed by atoms with E-state index >= 15 is 0 Å². The van der Waals surface area contributed by atoms with Gasteiger partial charge in [0, 0.05) is 48.1 Å². The van der Waals surface area contributed by atoms with Crippen LogP contribution in [0.2, 0.25) is 0 Å². The van der Waals surface area contributed by atoms with Crippen molar-refractivity contribution in [3.8, 4) is 0 Å². The lowest BCUT2D eigenvalue weighted by atomic mass is 10.1. The molecule has 4 aromatic carbocycles. The van der Waals surface area contributed by atoms with Gasteiger partial charge in [0.05, 0.1) is 31.8 Å². The first kappa shape index (κ1) is 47.8. The first-order valence-electron chi connectivity index (χ1n) is 18.3. The summed E-state index contributed by atoms with van der Waals surface area (Å²) in [6.45, 7) is 8.40. The normalized spacial score (nSPS) is 10.6. The third kappa shape index (κ3) is 13.3. The van der Waals surface area contributed by atoms with Crippen LogP contribution in [0.25, 0.3) is 21.9 Å². The number of alkyl carbamates (subject to hydrolysis) is 1. The minimum absolute atomic E-state index is 0.114. The molecule has 332 valence electrons. The molecule has 0 aliphatic heterocycles. The zero-order valence-corrected chi connectivity index (χ0v) is 34.3. The van der Waals surface area contributed by atoms with E-state index in [1.807, 2.05) is 19.9 Å². The van der Waals surface area contributed by atoms with Gasteiger partial charge in [0.15, 0.2) is 0 Å². The molecule has 6 aromatic rings. The van der Waals surface area contributed by atoms with Crippen LogP contribution in [0.4, 0.5) is 27.5 Å². The molecule has 23 heteroatoms. The van der Waals surface area contributed by atoms with Crippen molar-refractivity contribution in [1.29, 1.82) is 0 Å². The largest absolute Gasteiger partial charge is 0.477 e. The van der Waals surface area contributed by atoms with E-state index in [4.69, 9.17) is 18.7 Å². The molecule has 0 saturated heterocycles. The molecule has 0 fully saturated rings. The average Bonchev–Trinajstić information content (AvgIpc) is 3.20. The van der Waals surface area contributed by atoms with Gasteiger partial charge in [-0.2, -0.15) is 0 Å². The van der Waals surface area contributed by atoms with Gasteiger partial charge in [0.1, 0.15) is 27.9 Å². The van der Waals surface area contributed by atoms with Crippen LogP contribution in [-0.4, -0.2) is 48.4 Å². The fraction of sp³-hybridized carbons (Fsp3) is 0.195. The van der Waals surface area contributed by atoms with E-state index in [1.165, 1.54) is 12.1 Å². The Bertz CT molecular complexity index is 2910. The van der Waals surface area contributed by atoms with E-state index in [9.17, 15) is 64.4 Å². The number of amides is 2. The van der Waals surface area contributed by atoms with Crippen molar-refractivity contribution in [2.75, 3.05) is 0 Å². The number of fused-ring (bicyclic) bond motifs is 2. The quantitative estimate of drug-likeness (QED) is 0.0696. The summed E-state index contributed by atoms with van der Waals surface area (Å²) in [6, 6.07) is 19.3. The summed E-state index contributed by atoms with van der Waals surface area (Å²) in [7, 11) is 0. The maximum Gasteiger partial charge on any atom is 0.407 e. The molecule has 0 aliphatic rings. The number of benzene rings is 4. The summed E-state index contributed by atoms with van der Waals surface area (Å²) < 4.78 is 15.0. The molecule has 0 unspecified atom stereocenters. The number of hydrogen-bond donors (Lipinski definition) is 3. The number of carboxylic acid groups (broad SMARTS) is 1. The number of nitro benzene ring substituents is 4. The highest BCUT2D eigenvalue weighted by molar-refractivity contribution is 5.96. The number of aryl methyl sites for hydroxylation is 2. The molecule has 64 heavy (non-hydrogen) atoms. The van der Waals surface area contributed by atoms with Gasteiger partial charge >= 0.3 is 23.3 Å². The zero-order valence-electron chi connectivity index (χ0n) is 34.3. The highest BCUT2D eigenvalue weighted by Crippen LogP contribution is 2.24. The van der Waals surface area contributed by atoms with Gasteiger partial charge in [-0.25, -0.2) is 19.2 Å². The Hall–Kier alpha value is -8.89. The molecular weight excluding hydrogens is 848 g/mol. The molecule has 0 bridgehead atoms. The van der Waals surface area contributed by atoms with Crippen LogP contribution in [0.15, 0.2) is 103 Å². The minimum atomic E-state index is -1.27. The van der Waals surface area contributed by atoms with Crippen LogP contribution >= 0.6 is 0 Å². The summed E-state index contributed by atoms with van der Waals surface area (Å²) >= 11 is 0. The molecule has 0 saturated carbocycles. The number of aromatic carboxylic acids is 1. The van der Waals surface area contributed by atoms with Crippen molar-refractivity contribution in [2.24, 2.45) is 0 Å². The molecule has 3 N–H and O–H groups in total. The van der Waals surface area contributed by atoms with E-state index in [1.54, 1.807) is 51.1 Å². The average molecular weight is 885 g/mol. The van der Waals surface area contributed by atoms with Crippen LogP contribution < -0.4 is 21.9 Å². The topological polar surface area (TPSA) is 338 Å². The number of carboxylic acids is 1. The molecule has 0 radical (unpaired) electrons. The first-order chi connectivity index (χ1) is 29.9. The van der Waals surface area contributed by atoms with Crippen molar-refractivity contribution >= 4 is 62.7 Å². The third-order valence-corrected chi connectivity index (χ3v) is 8.31. The lowest BCUT2D eigenvalue weighted by Gasteiger charge is -2.19. The number of rotatable bonds is 10. The zero-order chi connectivity index (χ0) is 47.6. The number of hydrogen-bond acceptors (Lipinski definition) is 16. The van der Waals surface area contributed by atoms with Gasteiger partial charge in [-0.3, -0.25) is 45.3 Å². The SMILES string of the molecule is CC(C)(C)OC(=O)NCc1cc([N+](=O)[O-])cc([N+](=O)[O-])c1.Cc1ccc2cc(C(=O)NCc3cc([N+](=O)[O-])cc([N+](=O)[O-])c3)c(=O)oc2c1.Cc1ccc2cc(C(=O)O)c(=O)oc2c1. The summed E-state index contributed by atoms with van der Waals surface area (Å²) in [4.78, 5) is 98.1. The first-order valence-corrected chi connectivity index (χ1v) is 18.3. The van der Waals surface area contributed by atoms with E-state index < -0.39 is 77.3 Å². The van der Waals surface area contributed by atoms with E-state index in [0.717, 1.165) is 47.5 Å². The Balaban J connectivity index is 0.000000221. The van der Waals surface area contributed by atoms with Gasteiger partial charge in [0.25, 0.3) is 28.7 Å². The fourth-order valence-electron chi connectivity index (χ4n) is 5.45. The van der Waals surface area contributed by atoms with Gasteiger partial charge < -0.3 is 29.3 Å².